The van der Waals surface area contributed by atoms with Gasteiger partial charge in [-0.2, -0.15) is 19.1 Å². The van der Waals surface area contributed by atoms with Crippen molar-refractivity contribution < 1.29 is 18.3 Å². The molecule has 4 aromatic heterocycles. The van der Waals surface area contributed by atoms with Crippen LogP contribution in [-0.4, -0.2) is 39.3 Å². The second-order valence-corrected chi connectivity index (χ2v) is 9.39. The van der Waals surface area contributed by atoms with E-state index in [0.717, 1.165) is 25.0 Å². The Bertz CT molecular complexity index is 1480. The van der Waals surface area contributed by atoms with Crippen LogP contribution in [-0.2, 0) is 13.0 Å². The molecule has 0 fully saturated rings. The molecule has 1 aliphatic heterocycles. The third kappa shape index (κ3) is 5.59. The molecular formula is C26H25F2N7O2. The number of hydrogen-bond acceptors (Lipinski definition) is 8. The summed E-state index contributed by atoms with van der Waals surface area (Å²) in [5.74, 6) is 1.44. The average molecular weight is 506 g/mol. The van der Waals surface area contributed by atoms with Gasteiger partial charge in [-0.15, -0.1) is 0 Å². The molecule has 2 N–H and O–H groups in total. The van der Waals surface area contributed by atoms with Gasteiger partial charge in [-0.3, -0.25) is 0 Å². The molecule has 5 heterocycles. The van der Waals surface area contributed by atoms with Crippen molar-refractivity contribution in [1.29, 1.82) is 5.26 Å². The van der Waals surface area contributed by atoms with E-state index in [4.69, 9.17) is 4.74 Å². The lowest BCUT2D eigenvalue weighted by molar-refractivity contribution is -0.0528. The maximum absolute atomic E-state index is 12.8. The van der Waals surface area contributed by atoms with Crippen LogP contribution in [0.4, 0.5) is 20.4 Å². The van der Waals surface area contributed by atoms with E-state index < -0.39 is 12.0 Å². The van der Waals surface area contributed by atoms with Crippen LogP contribution in [0.3, 0.4) is 0 Å². The molecule has 0 amide bonds. The van der Waals surface area contributed by atoms with Crippen molar-refractivity contribution in [2.45, 2.75) is 33.4 Å². The smallest absolute Gasteiger partial charge is 0.388 e. The molecule has 4 aromatic rings. The van der Waals surface area contributed by atoms with E-state index in [1.807, 2.05) is 24.4 Å². The Labute approximate surface area is 212 Å². The third-order valence-corrected chi connectivity index (χ3v) is 5.94. The van der Waals surface area contributed by atoms with Gasteiger partial charge in [0.25, 0.3) is 0 Å². The van der Waals surface area contributed by atoms with Gasteiger partial charge in [-0.25, -0.2) is 14.5 Å². The Hall–Kier alpha value is -4.30. The molecule has 0 atom stereocenters. The molecule has 5 rings (SSSR count). The topological polar surface area (TPSA) is 109 Å². The Morgan fingerprint density at radius 2 is 2.03 bits per heavy atom. The predicted octanol–water partition coefficient (Wildman–Crippen LogP) is 4.71. The standard InChI is InChI=1S/C26H25F2N7O2/c1-26(2,14-29)15-36-21-13-32-24(37-25(27)28)10-20(21)17-4-6-35-19(7-17)9-23(34-35)33-22-8-16-3-5-30-11-18(16)12-31-22/h4,6-10,12-13,25,30H,3,5,11,15H2,1-2H3,(H,31,33,34). The summed E-state index contributed by atoms with van der Waals surface area (Å²) in [6.07, 6.45) is 5.90. The maximum Gasteiger partial charge on any atom is 0.388 e. The van der Waals surface area contributed by atoms with Gasteiger partial charge in [0.1, 0.15) is 18.2 Å². The Morgan fingerprint density at radius 1 is 1.16 bits per heavy atom. The fourth-order valence-corrected chi connectivity index (χ4v) is 4.00. The zero-order valence-corrected chi connectivity index (χ0v) is 20.3. The Kier molecular flexibility index (Phi) is 6.58. The minimum absolute atomic E-state index is 0.0973. The molecule has 37 heavy (non-hydrogen) atoms. The average Bonchev–Trinajstić information content (AvgIpc) is 3.29. The number of nitrogens with one attached hydrogen (secondary N) is 2. The second kappa shape index (κ2) is 9.99. The number of halogens is 2. The fraction of sp³-hybridized carbons (Fsp3) is 0.308. The van der Waals surface area contributed by atoms with Gasteiger partial charge >= 0.3 is 6.61 Å². The first-order valence-corrected chi connectivity index (χ1v) is 11.7. The summed E-state index contributed by atoms with van der Waals surface area (Å²) in [5.41, 5.74) is 3.66. The minimum Gasteiger partial charge on any atom is -0.490 e. The van der Waals surface area contributed by atoms with Crippen LogP contribution in [0.15, 0.2) is 48.9 Å². The SMILES string of the molecule is CC(C)(C#N)COc1cnc(OC(F)F)cc1-c1ccn2nc(Nc3cc4c(cn3)CNCC4)cc2c1. The molecule has 1 aliphatic rings. The number of fused-ring (bicyclic) bond motifs is 2. The van der Waals surface area contributed by atoms with Crippen molar-refractivity contribution >= 4 is 17.2 Å². The highest BCUT2D eigenvalue weighted by molar-refractivity contribution is 5.75. The summed E-state index contributed by atoms with van der Waals surface area (Å²) in [4.78, 5) is 8.42. The summed E-state index contributed by atoms with van der Waals surface area (Å²) in [7, 11) is 0. The van der Waals surface area contributed by atoms with Gasteiger partial charge in [0.15, 0.2) is 5.82 Å². The molecule has 0 aliphatic carbocycles. The summed E-state index contributed by atoms with van der Waals surface area (Å²) in [5, 5.41) is 20.5. The van der Waals surface area contributed by atoms with Gasteiger partial charge in [0.05, 0.1) is 23.2 Å². The number of aromatic nitrogens is 4. The largest absolute Gasteiger partial charge is 0.490 e. The normalized spacial score (nSPS) is 13.3. The lowest BCUT2D eigenvalue weighted by Gasteiger charge is -2.18. The highest BCUT2D eigenvalue weighted by Gasteiger charge is 2.20. The van der Waals surface area contributed by atoms with Gasteiger partial charge < -0.3 is 20.1 Å². The van der Waals surface area contributed by atoms with Crippen molar-refractivity contribution in [2.24, 2.45) is 5.41 Å². The van der Waals surface area contributed by atoms with E-state index >= 15 is 0 Å². The molecule has 0 saturated heterocycles. The molecular weight excluding hydrogens is 480 g/mol. The predicted molar refractivity (Wildman–Crippen MR) is 133 cm³/mol. The highest BCUT2D eigenvalue weighted by Crippen LogP contribution is 2.34. The molecule has 9 nitrogen and oxygen atoms in total. The summed E-state index contributed by atoms with van der Waals surface area (Å²) >= 11 is 0. The lowest BCUT2D eigenvalue weighted by Crippen LogP contribution is -2.23. The van der Waals surface area contributed by atoms with E-state index in [9.17, 15) is 14.0 Å². The van der Waals surface area contributed by atoms with Crippen molar-refractivity contribution in [3.05, 3.63) is 60.0 Å². The summed E-state index contributed by atoms with van der Waals surface area (Å²) < 4.78 is 37.7. The molecule has 0 bridgehead atoms. The first-order chi connectivity index (χ1) is 17.8. The number of alkyl halides is 2. The number of pyridine rings is 3. The molecule has 0 spiro atoms. The number of nitrogens with zero attached hydrogens (tertiary/aromatic N) is 5. The Morgan fingerprint density at radius 3 is 2.84 bits per heavy atom. The number of ether oxygens (including phenoxy) is 2. The van der Waals surface area contributed by atoms with Crippen LogP contribution >= 0.6 is 0 Å². The van der Waals surface area contributed by atoms with Crippen molar-refractivity contribution in [3.63, 3.8) is 0 Å². The van der Waals surface area contributed by atoms with Crippen LogP contribution in [0.2, 0.25) is 0 Å². The van der Waals surface area contributed by atoms with E-state index in [1.54, 1.807) is 30.6 Å². The van der Waals surface area contributed by atoms with Crippen LogP contribution in [0.1, 0.15) is 25.0 Å². The zero-order valence-electron chi connectivity index (χ0n) is 20.3. The molecule has 11 heteroatoms. The van der Waals surface area contributed by atoms with Gasteiger partial charge in [-0.1, -0.05) is 0 Å². The van der Waals surface area contributed by atoms with E-state index in [2.05, 4.69) is 36.5 Å². The van der Waals surface area contributed by atoms with Crippen molar-refractivity contribution in [3.8, 4) is 28.8 Å². The minimum atomic E-state index is -3.01. The molecule has 0 saturated carbocycles. The van der Waals surface area contributed by atoms with Crippen LogP contribution < -0.4 is 20.1 Å². The number of hydrogen-bond donors (Lipinski definition) is 2. The lowest BCUT2D eigenvalue weighted by atomic mass is 9.97. The third-order valence-electron chi connectivity index (χ3n) is 5.94. The van der Waals surface area contributed by atoms with Crippen molar-refractivity contribution in [2.75, 3.05) is 18.5 Å². The molecule has 0 radical (unpaired) electrons. The Balaban J connectivity index is 1.45. The highest BCUT2D eigenvalue weighted by atomic mass is 19.3. The number of rotatable bonds is 8. The number of nitriles is 1. The first kappa shape index (κ1) is 24.4. The van der Waals surface area contributed by atoms with E-state index in [-0.39, 0.29) is 12.5 Å². The van der Waals surface area contributed by atoms with Crippen LogP contribution in [0.5, 0.6) is 11.6 Å². The van der Waals surface area contributed by atoms with Gasteiger partial charge in [-0.05, 0) is 61.7 Å². The van der Waals surface area contributed by atoms with Gasteiger partial charge in [0.2, 0.25) is 5.88 Å². The summed E-state index contributed by atoms with van der Waals surface area (Å²) in [6.45, 7) is 2.33. The fourth-order valence-electron chi connectivity index (χ4n) is 4.00. The van der Waals surface area contributed by atoms with Gasteiger partial charge in [0, 0.05) is 36.6 Å². The van der Waals surface area contributed by atoms with E-state index in [1.165, 1.54) is 23.4 Å². The first-order valence-electron chi connectivity index (χ1n) is 11.7. The molecule has 0 aromatic carbocycles. The monoisotopic (exact) mass is 505 g/mol. The number of anilines is 2. The van der Waals surface area contributed by atoms with Crippen LogP contribution in [0.25, 0.3) is 16.6 Å². The van der Waals surface area contributed by atoms with Crippen molar-refractivity contribution in [1.82, 2.24) is 24.9 Å². The molecule has 190 valence electrons. The summed E-state index contributed by atoms with van der Waals surface area (Å²) in [6, 6.07) is 11.1. The second-order valence-electron chi connectivity index (χ2n) is 9.39. The zero-order chi connectivity index (χ0) is 26.0. The maximum atomic E-state index is 12.8. The van der Waals surface area contributed by atoms with E-state index in [0.29, 0.717) is 28.5 Å². The molecule has 0 unspecified atom stereocenters. The quantitative estimate of drug-likeness (QED) is 0.354. The van der Waals surface area contributed by atoms with Crippen LogP contribution in [0, 0.1) is 16.7 Å².